The van der Waals surface area contributed by atoms with Crippen LogP contribution in [0.1, 0.15) is 22.8 Å². The third-order valence-corrected chi connectivity index (χ3v) is 3.93. The Morgan fingerprint density at radius 2 is 2.00 bits per heavy atom. The molecule has 1 amide bonds. The lowest BCUT2D eigenvalue weighted by Gasteiger charge is -2.24. The minimum atomic E-state index is -1.39. The molecule has 2 aromatic rings. The highest BCUT2D eigenvalue weighted by Crippen LogP contribution is 2.35. The number of ether oxygens (including phenoxy) is 2. The fraction of sp³-hybridized carbons (Fsp3) is 0.235. The summed E-state index contributed by atoms with van der Waals surface area (Å²) in [6, 6.07) is 10.6. The molecule has 0 spiro atoms. The van der Waals surface area contributed by atoms with E-state index in [1.54, 1.807) is 18.2 Å². The summed E-state index contributed by atoms with van der Waals surface area (Å²) in [5.74, 6) is 0.472. The summed E-state index contributed by atoms with van der Waals surface area (Å²) in [5, 5.41) is 24.2. The molecule has 0 radical (unpaired) electrons. The van der Waals surface area contributed by atoms with Crippen LogP contribution in [0.3, 0.4) is 0 Å². The van der Waals surface area contributed by atoms with E-state index in [0.29, 0.717) is 17.1 Å². The number of amides is 1. The van der Waals surface area contributed by atoms with Crippen LogP contribution in [0.25, 0.3) is 0 Å². The Morgan fingerprint density at radius 1 is 1.28 bits per heavy atom. The van der Waals surface area contributed by atoms with Crippen molar-refractivity contribution in [2.24, 2.45) is 0 Å². The molecule has 1 atom stereocenters. The lowest BCUT2D eigenvalue weighted by atomic mass is 9.95. The minimum Gasteiger partial charge on any atom is -0.454 e. The van der Waals surface area contributed by atoms with Crippen LogP contribution in [0.15, 0.2) is 42.5 Å². The number of nitro groups is 1. The smallest absolute Gasteiger partial charge is 0.282 e. The summed E-state index contributed by atoms with van der Waals surface area (Å²) in [5.41, 5.74) is -1.21. The van der Waals surface area contributed by atoms with Crippen LogP contribution in [0.2, 0.25) is 0 Å². The number of rotatable bonds is 5. The predicted octanol–water partition coefficient (Wildman–Crippen LogP) is 1.96. The topological polar surface area (TPSA) is 111 Å². The summed E-state index contributed by atoms with van der Waals surface area (Å²) in [6.45, 7) is 1.52. The number of nitrogens with one attached hydrogen (secondary N) is 1. The largest absolute Gasteiger partial charge is 0.454 e. The Hall–Kier alpha value is -3.13. The molecule has 3 rings (SSSR count). The zero-order valence-corrected chi connectivity index (χ0v) is 13.4. The molecule has 0 fully saturated rings. The van der Waals surface area contributed by atoms with Crippen molar-refractivity contribution in [2.45, 2.75) is 12.5 Å². The number of benzene rings is 2. The van der Waals surface area contributed by atoms with Gasteiger partial charge in [-0.1, -0.05) is 18.2 Å². The van der Waals surface area contributed by atoms with Gasteiger partial charge in [0, 0.05) is 6.07 Å². The highest BCUT2D eigenvalue weighted by Gasteiger charge is 2.28. The fourth-order valence-corrected chi connectivity index (χ4v) is 2.51. The zero-order valence-electron chi connectivity index (χ0n) is 13.4. The maximum atomic E-state index is 12.3. The molecule has 8 nitrogen and oxygen atoms in total. The molecule has 8 heteroatoms. The Morgan fingerprint density at radius 3 is 2.76 bits per heavy atom. The van der Waals surface area contributed by atoms with Gasteiger partial charge in [0.15, 0.2) is 11.5 Å². The number of para-hydroxylation sites is 1. The van der Waals surface area contributed by atoms with Gasteiger partial charge < -0.3 is 19.9 Å². The average Bonchev–Trinajstić information content (AvgIpc) is 3.07. The van der Waals surface area contributed by atoms with Crippen LogP contribution < -0.4 is 14.8 Å². The Labute approximate surface area is 143 Å². The van der Waals surface area contributed by atoms with Gasteiger partial charge in [-0.2, -0.15) is 0 Å². The van der Waals surface area contributed by atoms with Crippen molar-refractivity contribution in [3.05, 3.63) is 63.7 Å². The number of hydrogen-bond acceptors (Lipinski definition) is 6. The highest BCUT2D eigenvalue weighted by atomic mass is 16.7. The third-order valence-electron chi connectivity index (χ3n) is 3.93. The maximum Gasteiger partial charge on any atom is 0.282 e. The molecule has 1 aliphatic rings. The number of nitrogens with zero attached hydrogens (tertiary/aromatic N) is 1. The van der Waals surface area contributed by atoms with E-state index >= 15 is 0 Å². The van der Waals surface area contributed by atoms with Crippen molar-refractivity contribution in [1.82, 2.24) is 5.32 Å². The monoisotopic (exact) mass is 344 g/mol. The first-order valence-electron chi connectivity index (χ1n) is 7.52. The molecule has 0 aliphatic carbocycles. The van der Waals surface area contributed by atoms with Crippen molar-refractivity contribution in [3.63, 3.8) is 0 Å². The molecule has 0 bridgehead atoms. The molecule has 2 N–H and O–H groups in total. The second-order valence-electron chi connectivity index (χ2n) is 5.80. The van der Waals surface area contributed by atoms with Crippen LogP contribution in [0.4, 0.5) is 5.69 Å². The van der Waals surface area contributed by atoms with Crippen molar-refractivity contribution in [1.29, 1.82) is 0 Å². The summed E-state index contributed by atoms with van der Waals surface area (Å²) in [4.78, 5) is 22.7. The van der Waals surface area contributed by atoms with E-state index in [-0.39, 0.29) is 24.6 Å². The van der Waals surface area contributed by atoms with E-state index in [1.807, 2.05) is 0 Å². The Kier molecular flexibility index (Phi) is 4.28. The van der Waals surface area contributed by atoms with Gasteiger partial charge in [-0.15, -0.1) is 0 Å². The number of hydrogen-bond donors (Lipinski definition) is 2. The van der Waals surface area contributed by atoms with Gasteiger partial charge in [0.25, 0.3) is 11.6 Å². The summed E-state index contributed by atoms with van der Waals surface area (Å²) in [6.07, 6.45) is 0. The molecule has 25 heavy (non-hydrogen) atoms. The standard InChI is InChI=1S/C17H16N2O6/c1-17(21,11-6-7-14-15(8-11)25-10-24-14)9-18-16(20)12-4-2-3-5-13(12)19(22)23/h2-8,21H,9-10H2,1H3,(H,18,20). The molecule has 1 heterocycles. The Bertz CT molecular complexity index is 834. The first-order chi connectivity index (χ1) is 11.9. The number of carbonyl (C=O) groups excluding carboxylic acids is 1. The summed E-state index contributed by atoms with van der Waals surface area (Å²) in [7, 11) is 0. The number of nitro benzene ring substituents is 1. The van der Waals surface area contributed by atoms with Gasteiger partial charge in [-0.3, -0.25) is 14.9 Å². The van der Waals surface area contributed by atoms with E-state index in [4.69, 9.17) is 9.47 Å². The van der Waals surface area contributed by atoms with Crippen LogP contribution in [-0.4, -0.2) is 29.3 Å². The van der Waals surface area contributed by atoms with Crippen LogP contribution in [0.5, 0.6) is 11.5 Å². The van der Waals surface area contributed by atoms with E-state index in [9.17, 15) is 20.0 Å². The number of aliphatic hydroxyl groups is 1. The van der Waals surface area contributed by atoms with Gasteiger partial charge in [0.2, 0.25) is 6.79 Å². The van der Waals surface area contributed by atoms with Crippen LogP contribution >= 0.6 is 0 Å². The number of carbonyl (C=O) groups is 1. The first kappa shape index (κ1) is 16.7. The summed E-state index contributed by atoms with van der Waals surface area (Å²) >= 11 is 0. The van der Waals surface area contributed by atoms with E-state index in [2.05, 4.69) is 5.32 Å². The lowest BCUT2D eigenvalue weighted by molar-refractivity contribution is -0.385. The van der Waals surface area contributed by atoms with Gasteiger partial charge >= 0.3 is 0 Å². The molecule has 2 aromatic carbocycles. The Balaban J connectivity index is 1.74. The van der Waals surface area contributed by atoms with Gasteiger partial charge in [0.05, 0.1) is 11.5 Å². The average molecular weight is 344 g/mol. The predicted molar refractivity (Wildman–Crippen MR) is 87.6 cm³/mol. The second kappa shape index (κ2) is 6.40. The molecular weight excluding hydrogens is 328 g/mol. The molecule has 0 saturated heterocycles. The highest BCUT2D eigenvalue weighted by molar-refractivity contribution is 5.98. The normalized spacial score (nSPS) is 14.6. The van der Waals surface area contributed by atoms with E-state index in [0.717, 1.165) is 0 Å². The first-order valence-corrected chi connectivity index (χ1v) is 7.52. The van der Waals surface area contributed by atoms with E-state index in [1.165, 1.54) is 31.2 Å². The summed E-state index contributed by atoms with van der Waals surface area (Å²) < 4.78 is 10.5. The maximum absolute atomic E-state index is 12.3. The van der Waals surface area contributed by atoms with Gasteiger partial charge in [0.1, 0.15) is 11.2 Å². The third kappa shape index (κ3) is 3.38. The van der Waals surface area contributed by atoms with Gasteiger partial charge in [-0.05, 0) is 30.7 Å². The second-order valence-corrected chi connectivity index (χ2v) is 5.80. The molecule has 1 unspecified atom stereocenters. The van der Waals surface area contributed by atoms with Gasteiger partial charge in [-0.25, -0.2) is 0 Å². The number of fused-ring (bicyclic) bond motifs is 1. The molecule has 1 aliphatic heterocycles. The van der Waals surface area contributed by atoms with Crippen LogP contribution in [0, 0.1) is 10.1 Å². The molecule has 0 aromatic heterocycles. The van der Waals surface area contributed by atoms with Crippen molar-refractivity contribution < 1.29 is 24.3 Å². The SMILES string of the molecule is CC(O)(CNC(=O)c1ccccc1[N+](=O)[O-])c1ccc2c(c1)OCO2. The molecule has 0 saturated carbocycles. The van der Waals surface area contributed by atoms with Crippen molar-refractivity contribution in [2.75, 3.05) is 13.3 Å². The lowest BCUT2D eigenvalue weighted by Crippen LogP contribution is -2.38. The molecular formula is C17H16N2O6. The minimum absolute atomic E-state index is 0.0611. The molecule has 130 valence electrons. The van der Waals surface area contributed by atoms with Crippen molar-refractivity contribution >= 4 is 11.6 Å². The quantitative estimate of drug-likeness (QED) is 0.633. The zero-order chi connectivity index (χ0) is 18.0. The van der Waals surface area contributed by atoms with Crippen molar-refractivity contribution in [3.8, 4) is 11.5 Å². The van der Waals surface area contributed by atoms with Crippen LogP contribution in [-0.2, 0) is 5.60 Å². The fourth-order valence-electron chi connectivity index (χ4n) is 2.51. The van der Waals surface area contributed by atoms with E-state index < -0.39 is 16.4 Å².